The summed E-state index contributed by atoms with van der Waals surface area (Å²) in [6.07, 6.45) is 1.94. The summed E-state index contributed by atoms with van der Waals surface area (Å²) in [5.41, 5.74) is 0.708. The molecule has 2 aromatic heterocycles. The summed E-state index contributed by atoms with van der Waals surface area (Å²) in [5, 5.41) is 7.93. The third kappa shape index (κ3) is 3.21. The van der Waals surface area contributed by atoms with Gasteiger partial charge in [-0.05, 0) is 30.6 Å². The van der Waals surface area contributed by atoms with Crippen LogP contribution in [-0.2, 0) is 6.54 Å². The highest BCUT2D eigenvalue weighted by Crippen LogP contribution is 2.12. The van der Waals surface area contributed by atoms with Crippen LogP contribution < -0.4 is 10.6 Å². The summed E-state index contributed by atoms with van der Waals surface area (Å²) in [6, 6.07) is 7.85. The van der Waals surface area contributed by atoms with Crippen LogP contribution in [0.4, 0.5) is 0 Å². The normalized spacial score (nSPS) is 10.5. The van der Waals surface area contributed by atoms with Gasteiger partial charge in [-0.15, -0.1) is 11.3 Å². The Kier molecular flexibility index (Phi) is 4.55. The first-order valence-corrected chi connectivity index (χ1v) is 6.79. The van der Waals surface area contributed by atoms with E-state index in [1.165, 1.54) is 4.88 Å². The van der Waals surface area contributed by atoms with Gasteiger partial charge in [-0.3, -0.25) is 4.79 Å². The lowest BCUT2D eigenvalue weighted by molar-refractivity contribution is 0.0945. The van der Waals surface area contributed by atoms with E-state index in [2.05, 4.69) is 16.7 Å². The van der Waals surface area contributed by atoms with Gasteiger partial charge in [0.1, 0.15) is 5.69 Å². The van der Waals surface area contributed by atoms with E-state index in [-0.39, 0.29) is 5.91 Å². The summed E-state index contributed by atoms with van der Waals surface area (Å²) >= 11 is 1.70. The van der Waals surface area contributed by atoms with Crippen molar-refractivity contribution in [2.45, 2.75) is 6.54 Å². The highest BCUT2D eigenvalue weighted by molar-refractivity contribution is 7.09. The lowest BCUT2D eigenvalue weighted by Crippen LogP contribution is -2.31. The topological polar surface area (TPSA) is 46.1 Å². The molecule has 0 unspecified atom stereocenters. The van der Waals surface area contributed by atoms with Gasteiger partial charge in [-0.1, -0.05) is 6.07 Å². The fourth-order valence-electron chi connectivity index (χ4n) is 1.72. The Bertz CT molecular complexity index is 490. The van der Waals surface area contributed by atoms with Crippen LogP contribution in [0.2, 0.25) is 0 Å². The van der Waals surface area contributed by atoms with Crippen LogP contribution in [0.3, 0.4) is 0 Å². The summed E-state index contributed by atoms with van der Waals surface area (Å²) in [5.74, 6) is -0.0215. The molecule has 0 spiro atoms. The largest absolute Gasteiger partial charge is 0.349 e. The summed E-state index contributed by atoms with van der Waals surface area (Å²) in [4.78, 5) is 13.2. The Hall–Kier alpha value is -1.59. The number of carbonyl (C=O) groups excluding carboxylic acids is 1. The van der Waals surface area contributed by atoms with Gasteiger partial charge in [-0.2, -0.15) is 0 Å². The van der Waals surface area contributed by atoms with Crippen molar-refractivity contribution in [1.82, 2.24) is 15.2 Å². The maximum Gasteiger partial charge on any atom is 0.267 e. The van der Waals surface area contributed by atoms with E-state index in [9.17, 15) is 4.79 Å². The van der Waals surface area contributed by atoms with Crippen LogP contribution >= 0.6 is 11.3 Å². The molecule has 0 atom stereocenters. The molecular formula is C13H17N3OS. The molecule has 2 heterocycles. The molecule has 2 aromatic rings. The SMILES string of the molecule is CNCCNC(=O)c1cccn1Cc1cccs1. The van der Waals surface area contributed by atoms with E-state index in [1.54, 1.807) is 11.3 Å². The first-order valence-electron chi connectivity index (χ1n) is 5.91. The van der Waals surface area contributed by atoms with E-state index in [0.717, 1.165) is 13.1 Å². The zero-order valence-electron chi connectivity index (χ0n) is 10.3. The monoisotopic (exact) mass is 263 g/mol. The molecule has 0 aliphatic carbocycles. The van der Waals surface area contributed by atoms with Gasteiger partial charge in [0.15, 0.2) is 0 Å². The standard InChI is InChI=1S/C13H17N3OS/c1-14-6-7-15-13(17)12-5-2-8-16(12)10-11-4-3-9-18-11/h2-5,8-9,14H,6-7,10H2,1H3,(H,15,17). The molecule has 0 bridgehead atoms. The molecule has 2 rings (SSSR count). The number of hydrogen-bond donors (Lipinski definition) is 2. The molecule has 5 heteroatoms. The number of carbonyl (C=O) groups is 1. The number of nitrogens with zero attached hydrogens (tertiary/aromatic N) is 1. The van der Waals surface area contributed by atoms with Crippen molar-refractivity contribution in [3.63, 3.8) is 0 Å². The highest BCUT2D eigenvalue weighted by Gasteiger charge is 2.10. The fourth-order valence-corrected chi connectivity index (χ4v) is 2.42. The Labute approximate surface area is 111 Å². The van der Waals surface area contributed by atoms with Crippen molar-refractivity contribution in [3.8, 4) is 0 Å². The van der Waals surface area contributed by atoms with Crippen LogP contribution in [0.25, 0.3) is 0 Å². The van der Waals surface area contributed by atoms with Crippen LogP contribution in [0.1, 0.15) is 15.4 Å². The minimum absolute atomic E-state index is 0.0215. The molecule has 0 radical (unpaired) electrons. The van der Waals surface area contributed by atoms with Crippen molar-refractivity contribution in [2.24, 2.45) is 0 Å². The van der Waals surface area contributed by atoms with Gasteiger partial charge in [0.05, 0.1) is 6.54 Å². The molecule has 0 saturated carbocycles. The summed E-state index contributed by atoms with van der Waals surface area (Å²) in [7, 11) is 1.87. The Morgan fingerprint density at radius 1 is 1.33 bits per heavy atom. The summed E-state index contributed by atoms with van der Waals surface area (Å²) in [6.45, 7) is 2.16. The molecule has 0 aliphatic rings. The number of thiophene rings is 1. The highest BCUT2D eigenvalue weighted by atomic mass is 32.1. The van der Waals surface area contributed by atoms with Gasteiger partial charge in [0, 0.05) is 24.2 Å². The molecule has 0 aliphatic heterocycles. The van der Waals surface area contributed by atoms with Crippen molar-refractivity contribution in [1.29, 1.82) is 0 Å². The van der Waals surface area contributed by atoms with E-state index in [0.29, 0.717) is 12.2 Å². The second-order valence-electron chi connectivity index (χ2n) is 3.96. The van der Waals surface area contributed by atoms with E-state index >= 15 is 0 Å². The van der Waals surface area contributed by atoms with Gasteiger partial charge < -0.3 is 15.2 Å². The average molecular weight is 263 g/mol. The van der Waals surface area contributed by atoms with Crippen molar-refractivity contribution in [2.75, 3.05) is 20.1 Å². The number of rotatable bonds is 6. The van der Waals surface area contributed by atoms with Gasteiger partial charge in [-0.25, -0.2) is 0 Å². The van der Waals surface area contributed by atoms with E-state index in [1.807, 2.05) is 41.4 Å². The summed E-state index contributed by atoms with van der Waals surface area (Å²) < 4.78 is 1.97. The molecule has 4 nitrogen and oxygen atoms in total. The minimum atomic E-state index is -0.0215. The maximum atomic E-state index is 12.0. The molecule has 1 amide bonds. The average Bonchev–Trinajstić information content (AvgIpc) is 3.01. The zero-order valence-corrected chi connectivity index (χ0v) is 11.2. The first kappa shape index (κ1) is 12.9. The number of amides is 1. The Morgan fingerprint density at radius 3 is 2.94 bits per heavy atom. The lowest BCUT2D eigenvalue weighted by Gasteiger charge is -2.08. The van der Waals surface area contributed by atoms with Crippen LogP contribution in [0.5, 0.6) is 0 Å². The van der Waals surface area contributed by atoms with Crippen molar-refractivity contribution in [3.05, 3.63) is 46.4 Å². The fraction of sp³-hybridized carbons (Fsp3) is 0.308. The predicted octanol–water partition coefficient (Wildman–Crippen LogP) is 1.55. The third-order valence-electron chi connectivity index (χ3n) is 2.63. The lowest BCUT2D eigenvalue weighted by atomic mass is 10.3. The second kappa shape index (κ2) is 6.37. The van der Waals surface area contributed by atoms with E-state index < -0.39 is 0 Å². The van der Waals surface area contributed by atoms with Crippen molar-refractivity contribution < 1.29 is 4.79 Å². The molecule has 96 valence electrons. The van der Waals surface area contributed by atoms with Crippen LogP contribution in [0, 0.1) is 0 Å². The quantitative estimate of drug-likeness (QED) is 0.777. The molecule has 18 heavy (non-hydrogen) atoms. The number of nitrogens with one attached hydrogen (secondary N) is 2. The smallest absolute Gasteiger partial charge is 0.267 e. The molecule has 0 aromatic carbocycles. The van der Waals surface area contributed by atoms with Gasteiger partial charge in [0.2, 0.25) is 0 Å². The number of aromatic nitrogens is 1. The van der Waals surface area contributed by atoms with Gasteiger partial charge in [0.25, 0.3) is 5.91 Å². The van der Waals surface area contributed by atoms with Gasteiger partial charge >= 0.3 is 0 Å². The zero-order chi connectivity index (χ0) is 12.8. The van der Waals surface area contributed by atoms with Crippen molar-refractivity contribution >= 4 is 17.2 Å². The first-order chi connectivity index (χ1) is 8.81. The predicted molar refractivity (Wildman–Crippen MR) is 74.1 cm³/mol. The molecular weight excluding hydrogens is 246 g/mol. The maximum absolute atomic E-state index is 12.0. The molecule has 2 N–H and O–H groups in total. The second-order valence-corrected chi connectivity index (χ2v) is 4.99. The molecule has 0 fully saturated rings. The Morgan fingerprint density at radius 2 is 2.22 bits per heavy atom. The van der Waals surface area contributed by atoms with Crippen LogP contribution in [0.15, 0.2) is 35.8 Å². The third-order valence-corrected chi connectivity index (χ3v) is 3.49. The minimum Gasteiger partial charge on any atom is -0.349 e. The van der Waals surface area contributed by atoms with Crippen LogP contribution in [-0.4, -0.2) is 30.6 Å². The van der Waals surface area contributed by atoms with E-state index in [4.69, 9.17) is 0 Å². The number of hydrogen-bond acceptors (Lipinski definition) is 3. The number of likely N-dealkylation sites (N-methyl/N-ethyl adjacent to an activating group) is 1. The molecule has 0 saturated heterocycles. The Balaban J connectivity index is 2.00.